The Kier molecular flexibility index (Phi) is 4.71. The average molecular weight is 228 g/mol. The summed E-state index contributed by atoms with van der Waals surface area (Å²) in [5.74, 6) is -0.0937. The second-order valence-electron chi connectivity index (χ2n) is 3.42. The molecular formula is C10H16N2O2S. The number of rotatable bonds is 5. The van der Waals surface area contributed by atoms with Gasteiger partial charge in [0.1, 0.15) is 0 Å². The van der Waals surface area contributed by atoms with E-state index in [1.165, 1.54) is 0 Å². The van der Waals surface area contributed by atoms with Gasteiger partial charge in [0.2, 0.25) is 5.91 Å². The van der Waals surface area contributed by atoms with Crippen LogP contribution in [0.4, 0.5) is 0 Å². The molecule has 0 saturated heterocycles. The van der Waals surface area contributed by atoms with E-state index in [0.717, 1.165) is 17.1 Å². The van der Waals surface area contributed by atoms with Crippen LogP contribution in [0.1, 0.15) is 24.5 Å². The van der Waals surface area contributed by atoms with Crippen molar-refractivity contribution in [2.75, 3.05) is 6.54 Å². The van der Waals surface area contributed by atoms with Crippen LogP contribution in [0.2, 0.25) is 0 Å². The summed E-state index contributed by atoms with van der Waals surface area (Å²) in [5, 5.41) is 14.6. The lowest BCUT2D eigenvalue weighted by molar-refractivity contribution is -0.120. The zero-order valence-electron chi connectivity index (χ0n) is 8.99. The van der Waals surface area contributed by atoms with E-state index >= 15 is 0 Å². The summed E-state index contributed by atoms with van der Waals surface area (Å²) < 4.78 is 0. The molecule has 15 heavy (non-hydrogen) atoms. The minimum atomic E-state index is -0.504. The number of hydrogen-bond donors (Lipinski definition) is 2. The fourth-order valence-corrected chi connectivity index (χ4v) is 1.83. The van der Waals surface area contributed by atoms with E-state index in [9.17, 15) is 4.79 Å². The maximum absolute atomic E-state index is 11.4. The normalized spacial score (nSPS) is 12.5. The van der Waals surface area contributed by atoms with Gasteiger partial charge in [-0.05, 0) is 13.3 Å². The van der Waals surface area contributed by atoms with Crippen LogP contribution in [0.3, 0.4) is 0 Å². The number of carbonyl (C=O) groups is 1. The largest absolute Gasteiger partial charge is 0.392 e. The van der Waals surface area contributed by atoms with Gasteiger partial charge in [-0.1, -0.05) is 6.92 Å². The first-order chi connectivity index (χ1) is 7.11. The third kappa shape index (κ3) is 4.40. The van der Waals surface area contributed by atoms with Crippen molar-refractivity contribution in [1.29, 1.82) is 0 Å². The molecule has 1 aromatic heterocycles. The Hall–Kier alpha value is -0.940. The van der Waals surface area contributed by atoms with Gasteiger partial charge >= 0.3 is 0 Å². The number of aryl methyl sites for hydroxylation is 1. The SMILES string of the molecule is CCc1nc(CC(=O)NCC(C)O)cs1. The molecule has 0 fully saturated rings. The lowest BCUT2D eigenvalue weighted by Gasteiger charge is -2.05. The van der Waals surface area contributed by atoms with E-state index < -0.39 is 6.10 Å². The molecule has 84 valence electrons. The zero-order valence-corrected chi connectivity index (χ0v) is 9.80. The molecular weight excluding hydrogens is 212 g/mol. The topological polar surface area (TPSA) is 62.2 Å². The quantitative estimate of drug-likeness (QED) is 0.781. The molecule has 1 heterocycles. The third-order valence-electron chi connectivity index (χ3n) is 1.84. The molecule has 0 aliphatic rings. The number of carbonyl (C=O) groups excluding carboxylic acids is 1. The van der Waals surface area contributed by atoms with Crippen LogP contribution >= 0.6 is 11.3 Å². The molecule has 0 radical (unpaired) electrons. The van der Waals surface area contributed by atoms with Crippen molar-refractivity contribution in [2.45, 2.75) is 32.8 Å². The van der Waals surface area contributed by atoms with Gasteiger partial charge in [-0.15, -0.1) is 11.3 Å². The maximum atomic E-state index is 11.4. The van der Waals surface area contributed by atoms with Crippen molar-refractivity contribution in [3.8, 4) is 0 Å². The molecule has 1 aromatic rings. The molecule has 4 nitrogen and oxygen atoms in total. The number of aromatic nitrogens is 1. The summed E-state index contributed by atoms with van der Waals surface area (Å²) >= 11 is 1.58. The van der Waals surface area contributed by atoms with Crippen molar-refractivity contribution in [3.63, 3.8) is 0 Å². The van der Waals surface area contributed by atoms with Crippen LogP contribution in [-0.2, 0) is 17.6 Å². The highest BCUT2D eigenvalue weighted by Gasteiger charge is 2.07. The van der Waals surface area contributed by atoms with Gasteiger partial charge in [0, 0.05) is 11.9 Å². The minimum Gasteiger partial charge on any atom is -0.392 e. The Bertz CT molecular complexity index is 323. The number of amides is 1. The fraction of sp³-hybridized carbons (Fsp3) is 0.600. The van der Waals surface area contributed by atoms with Crippen molar-refractivity contribution < 1.29 is 9.90 Å². The van der Waals surface area contributed by atoms with Crippen molar-refractivity contribution in [3.05, 3.63) is 16.1 Å². The summed E-state index contributed by atoms with van der Waals surface area (Å²) in [7, 11) is 0. The number of nitrogens with one attached hydrogen (secondary N) is 1. The van der Waals surface area contributed by atoms with E-state index in [1.54, 1.807) is 18.3 Å². The minimum absolute atomic E-state index is 0.0937. The molecule has 0 aliphatic heterocycles. The standard InChI is InChI=1S/C10H16N2O2S/c1-3-10-12-8(6-15-10)4-9(14)11-5-7(2)13/h6-7,13H,3-5H2,1-2H3,(H,11,14). The Balaban J connectivity index is 2.37. The number of nitrogens with zero attached hydrogens (tertiary/aromatic N) is 1. The second-order valence-corrected chi connectivity index (χ2v) is 4.36. The van der Waals surface area contributed by atoms with Crippen LogP contribution < -0.4 is 5.32 Å². The smallest absolute Gasteiger partial charge is 0.226 e. The molecule has 5 heteroatoms. The molecule has 1 unspecified atom stereocenters. The highest BCUT2D eigenvalue weighted by atomic mass is 32.1. The molecule has 0 bridgehead atoms. The molecule has 0 aliphatic carbocycles. The number of thiazole rings is 1. The first-order valence-corrected chi connectivity index (χ1v) is 5.87. The number of aliphatic hydroxyl groups excluding tert-OH is 1. The summed E-state index contributed by atoms with van der Waals surface area (Å²) in [4.78, 5) is 15.6. The predicted octanol–water partition coefficient (Wildman–Crippen LogP) is 0.745. The van der Waals surface area contributed by atoms with E-state index in [0.29, 0.717) is 13.0 Å². The van der Waals surface area contributed by atoms with Crippen molar-refractivity contribution in [1.82, 2.24) is 10.3 Å². The number of aliphatic hydroxyl groups is 1. The summed E-state index contributed by atoms with van der Waals surface area (Å²) in [6.07, 6.45) is 0.694. The second kappa shape index (κ2) is 5.82. The van der Waals surface area contributed by atoms with Gasteiger partial charge in [-0.2, -0.15) is 0 Å². The Labute approximate surface area is 93.4 Å². The van der Waals surface area contributed by atoms with Crippen LogP contribution in [0.15, 0.2) is 5.38 Å². The first-order valence-electron chi connectivity index (χ1n) is 4.99. The maximum Gasteiger partial charge on any atom is 0.226 e. The first kappa shape index (κ1) is 12.1. The average Bonchev–Trinajstić information content (AvgIpc) is 2.62. The molecule has 1 rings (SSSR count). The van der Waals surface area contributed by atoms with Gasteiger partial charge in [0.25, 0.3) is 0 Å². The van der Waals surface area contributed by atoms with E-state index in [2.05, 4.69) is 10.3 Å². The van der Waals surface area contributed by atoms with Crippen LogP contribution in [0, 0.1) is 0 Å². The lowest BCUT2D eigenvalue weighted by Crippen LogP contribution is -2.31. The van der Waals surface area contributed by atoms with E-state index in [1.807, 2.05) is 12.3 Å². The highest BCUT2D eigenvalue weighted by molar-refractivity contribution is 7.09. The predicted molar refractivity (Wildman–Crippen MR) is 59.9 cm³/mol. The summed E-state index contributed by atoms with van der Waals surface area (Å²) in [5.41, 5.74) is 0.806. The Morgan fingerprint density at radius 3 is 3.00 bits per heavy atom. The number of hydrogen-bond acceptors (Lipinski definition) is 4. The zero-order chi connectivity index (χ0) is 11.3. The Morgan fingerprint density at radius 2 is 2.47 bits per heavy atom. The lowest BCUT2D eigenvalue weighted by atomic mass is 10.3. The molecule has 1 amide bonds. The van der Waals surface area contributed by atoms with Crippen LogP contribution in [0.25, 0.3) is 0 Å². The molecule has 0 spiro atoms. The van der Waals surface area contributed by atoms with Gasteiger partial charge in [0.15, 0.2) is 0 Å². The fourth-order valence-electron chi connectivity index (χ4n) is 1.08. The third-order valence-corrected chi connectivity index (χ3v) is 2.88. The molecule has 0 saturated carbocycles. The van der Waals surface area contributed by atoms with Crippen molar-refractivity contribution >= 4 is 17.2 Å². The van der Waals surface area contributed by atoms with Crippen molar-refractivity contribution in [2.24, 2.45) is 0 Å². The monoisotopic (exact) mass is 228 g/mol. The highest BCUT2D eigenvalue weighted by Crippen LogP contribution is 2.10. The van der Waals surface area contributed by atoms with E-state index in [4.69, 9.17) is 5.11 Å². The van der Waals surface area contributed by atoms with Gasteiger partial charge in [-0.3, -0.25) is 4.79 Å². The van der Waals surface area contributed by atoms with Gasteiger partial charge < -0.3 is 10.4 Å². The van der Waals surface area contributed by atoms with Crippen LogP contribution in [-0.4, -0.2) is 28.6 Å². The Morgan fingerprint density at radius 1 is 1.73 bits per heavy atom. The van der Waals surface area contributed by atoms with Crippen LogP contribution in [0.5, 0.6) is 0 Å². The summed E-state index contributed by atoms with van der Waals surface area (Å²) in [6.45, 7) is 3.97. The molecule has 2 N–H and O–H groups in total. The van der Waals surface area contributed by atoms with Gasteiger partial charge in [-0.25, -0.2) is 4.98 Å². The van der Waals surface area contributed by atoms with E-state index in [-0.39, 0.29) is 5.91 Å². The molecule has 1 atom stereocenters. The molecule has 0 aromatic carbocycles. The summed E-state index contributed by atoms with van der Waals surface area (Å²) in [6, 6.07) is 0. The van der Waals surface area contributed by atoms with Gasteiger partial charge in [0.05, 0.1) is 23.2 Å².